The van der Waals surface area contributed by atoms with Gasteiger partial charge in [-0.3, -0.25) is 9.30 Å². The molecule has 8 nitrogen and oxygen atoms in total. The van der Waals surface area contributed by atoms with Crippen LogP contribution in [0.15, 0.2) is 67.1 Å². The van der Waals surface area contributed by atoms with Gasteiger partial charge in [-0.2, -0.15) is 8.78 Å². The number of benzene rings is 2. The predicted molar refractivity (Wildman–Crippen MR) is 113 cm³/mol. The van der Waals surface area contributed by atoms with Gasteiger partial charge >= 0.3 is 12.7 Å². The van der Waals surface area contributed by atoms with Crippen LogP contribution in [0.4, 0.5) is 30.8 Å². The number of imidazole rings is 1. The van der Waals surface area contributed by atoms with Crippen LogP contribution >= 0.6 is 0 Å². The number of nitrogens with one attached hydrogen (secondary N) is 1. The lowest BCUT2D eigenvalue weighted by Gasteiger charge is -2.13. The first-order valence-corrected chi connectivity index (χ1v) is 9.77. The maximum absolute atomic E-state index is 12.4. The summed E-state index contributed by atoms with van der Waals surface area (Å²) in [5.74, 6) is 0.636. The summed E-state index contributed by atoms with van der Waals surface area (Å²) < 4.78 is 36.0. The second-order valence-corrected chi connectivity index (χ2v) is 6.95. The fraction of sp³-hybridized carbons (Fsp3) is 0.136. The van der Waals surface area contributed by atoms with Gasteiger partial charge in [-0.1, -0.05) is 0 Å². The monoisotopic (exact) mass is 437 g/mol. The number of fused-ring (bicyclic) bond motifs is 1. The zero-order valence-electron chi connectivity index (χ0n) is 16.6. The van der Waals surface area contributed by atoms with Crippen molar-refractivity contribution < 1.29 is 23.0 Å². The standard InChI is InChI=1S/C22H17F2N5O3/c23-21(24)32-17-7-1-14(2-8-17)18-13-26-20-19(25-9-10-29(18)20)27-15-3-5-16(6-4-15)28-11-12-31-22(28)30/h1-10,13,21H,11-12H2,(H,25,27). The van der Waals surface area contributed by atoms with Gasteiger partial charge in [0, 0.05) is 29.3 Å². The lowest BCUT2D eigenvalue weighted by Crippen LogP contribution is -2.23. The highest BCUT2D eigenvalue weighted by Crippen LogP contribution is 2.28. The minimum Gasteiger partial charge on any atom is -0.447 e. The first-order valence-electron chi connectivity index (χ1n) is 9.77. The van der Waals surface area contributed by atoms with Gasteiger partial charge in [-0.15, -0.1) is 0 Å². The first kappa shape index (κ1) is 19.7. The van der Waals surface area contributed by atoms with Gasteiger partial charge in [0.25, 0.3) is 0 Å². The Kier molecular flexibility index (Phi) is 5.02. The van der Waals surface area contributed by atoms with Crippen molar-refractivity contribution in [3.8, 4) is 17.0 Å². The number of alkyl halides is 2. The largest absolute Gasteiger partial charge is 0.447 e. The Morgan fingerprint density at radius 1 is 1.06 bits per heavy atom. The van der Waals surface area contributed by atoms with Gasteiger partial charge in [0.1, 0.15) is 12.4 Å². The molecule has 0 bridgehead atoms. The molecule has 32 heavy (non-hydrogen) atoms. The van der Waals surface area contributed by atoms with E-state index in [-0.39, 0.29) is 11.8 Å². The summed E-state index contributed by atoms with van der Waals surface area (Å²) in [4.78, 5) is 22.1. The van der Waals surface area contributed by atoms with Crippen molar-refractivity contribution in [3.63, 3.8) is 0 Å². The van der Waals surface area contributed by atoms with E-state index in [0.717, 1.165) is 22.6 Å². The molecule has 162 valence electrons. The van der Waals surface area contributed by atoms with E-state index in [2.05, 4.69) is 20.0 Å². The molecule has 0 radical (unpaired) electrons. The fourth-order valence-corrected chi connectivity index (χ4v) is 3.52. The molecule has 1 amide bonds. The average Bonchev–Trinajstić information content (AvgIpc) is 3.41. The summed E-state index contributed by atoms with van der Waals surface area (Å²) >= 11 is 0. The Balaban J connectivity index is 1.39. The van der Waals surface area contributed by atoms with Crippen LogP contribution in [0.1, 0.15) is 0 Å². The van der Waals surface area contributed by atoms with Crippen molar-refractivity contribution in [3.05, 3.63) is 67.1 Å². The van der Waals surface area contributed by atoms with Crippen molar-refractivity contribution in [2.24, 2.45) is 0 Å². The van der Waals surface area contributed by atoms with Crippen LogP contribution in [0.2, 0.25) is 0 Å². The van der Waals surface area contributed by atoms with E-state index in [9.17, 15) is 13.6 Å². The lowest BCUT2D eigenvalue weighted by atomic mass is 10.1. The summed E-state index contributed by atoms with van der Waals surface area (Å²) in [6.45, 7) is -1.96. The topological polar surface area (TPSA) is 81.0 Å². The number of aromatic nitrogens is 3. The van der Waals surface area contributed by atoms with Gasteiger partial charge in [-0.25, -0.2) is 14.8 Å². The van der Waals surface area contributed by atoms with E-state index in [1.54, 1.807) is 35.6 Å². The van der Waals surface area contributed by atoms with Crippen molar-refractivity contribution in [2.75, 3.05) is 23.4 Å². The van der Waals surface area contributed by atoms with Crippen molar-refractivity contribution in [1.82, 2.24) is 14.4 Å². The molecule has 2 aromatic heterocycles. The molecule has 5 rings (SSSR count). The molecule has 0 saturated carbocycles. The minimum atomic E-state index is -2.87. The maximum atomic E-state index is 12.4. The normalized spacial score (nSPS) is 13.6. The number of carbonyl (C=O) groups is 1. The summed E-state index contributed by atoms with van der Waals surface area (Å²) in [7, 11) is 0. The van der Waals surface area contributed by atoms with Crippen molar-refractivity contribution in [2.45, 2.75) is 6.61 Å². The molecule has 1 N–H and O–H groups in total. The number of halogens is 2. The van der Waals surface area contributed by atoms with E-state index in [1.165, 1.54) is 12.1 Å². The van der Waals surface area contributed by atoms with Crippen LogP contribution in [0.25, 0.3) is 16.9 Å². The SMILES string of the molecule is O=C1OCCN1c1ccc(Nc2nccn3c(-c4ccc(OC(F)F)cc4)cnc23)cc1. The molecule has 0 spiro atoms. The highest BCUT2D eigenvalue weighted by atomic mass is 19.3. The average molecular weight is 437 g/mol. The summed E-state index contributed by atoms with van der Waals surface area (Å²) in [6, 6.07) is 13.7. The number of amides is 1. The molecular formula is C22H17F2N5O3. The van der Waals surface area contributed by atoms with Crippen LogP contribution in [0, 0.1) is 0 Å². The van der Waals surface area contributed by atoms with Crippen LogP contribution in [-0.2, 0) is 4.74 Å². The van der Waals surface area contributed by atoms with E-state index in [1.807, 2.05) is 28.7 Å². The Morgan fingerprint density at radius 3 is 2.53 bits per heavy atom. The third-order valence-electron chi connectivity index (χ3n) is 5.01. The summed E-state index contributed by atoms with van der Waals surface area (Å²) in [6.07, 6.45) is 4.75. The Labute approximate surface area is 181 Å². The van der Waals surface area contributed by atoms with Crippen LogP contribution in [0.5, 0.6) is 5.75 Å². The van der Waals surface area contributed by atoms with Crippen molar-refractivity contribution >= 4 is 28.9 Å². The number of ether oxygens (including phenoxy) is 2. The lowest BCUT2D eigenvalue weighted by molar-refractivity contribution is -0.0498. The molecular weight excluding hydrogens is 420 g/mol. The Morgan fingerprint density at radius 2 is 1.84 bits per heavy atom. The van der Waals surface area contributed by atoms with E-state index < -0.39 is 6.61 Å². The molecule has 10 heteroatoms. The molecule has 1 saturated heterocycles. The number of cyclic esters (lactones) is 1. The molecule has 4 aromatic rings. The van der Waals surface area contributed by atoms with Gasteiger partial charge < -0.3 is 14.8 Å². The highest BCUT2D eigenvalue weighted by Gasteiger charge is 2.23. The Bertz CT molecular complexity index is 1260. The molecule has 1 aliphatic heterocycles. The number of rotatable bonds is 6. The van der Waals surface area contributed by atoms with E-state index in [0.29, 0.717) is 24.6 Å². The molecule has 0 unspecified atom stereocenters. The third kappa shape index (κ3) is 3.78. The molecule has 1 aliphatic rings. The van der Waals surface area contributed by atoms with E-state index >= 15 is 0 Å². The third-order valence-corrected chi connectivity index (χ3v) is 5.01. The minimum absolute atomic E-state index is 0.0900. The molecule has 3 heterocycles. The van der Waals surface area contributed by atoms with Crippen LogP contribution in [0.3, 0.4) is 0 Å². The predicted octanol–water partition coefficient (Wildman–Crippen LogP) is 4.70. The smallest absolute Gasteiger partial charge is 0.414 e. The fourth-order valence-electron chi connectivity index (χ4n) is 3.52. The van der Waals surface area contributed by atoms with E-state index in [4.69, 9.17) is 4.74 Å². The summed E-state index contributed by atoms with van der Waals surface area (Å²) in [5, 5.41) is 3.24. The number of hydrogen-bond donors (Lipinski definition) is 1. The van der Waals surface area contributed by atoms with Gasteiger partial charge in [-0.05, 0) is 48.5 Å². The zero-order valence-corrected chi connectivity index (χ0v) is 16.6. The number of carbonyl (C=O) groups excluding carboxylic acids is 1. The van der Waals surface area contributed by atoms with Gasteiger partial charge in [0.15, 0.2) is 11.5 Å². The van der Waals surface area contributed by atoms with Crippen LogP contribution < -0.4 is 15.0 Å². The first-order chi connectivity index (χ1) is 15.6. The summed E-state index contributed by atoms with van der Waals surface area (Å²) in [5.41, 5.74) is 3.70. The van der Waals surface area contributed by atoms with Crippen molar-refractivity contribution in [1.29, 1.82) is 0 Å². The zero-order chi connectivity index (χ0) is 22.1. The van der Waals surface area contributed by atoms with Gasteiger partial charge in [0.2, 0.25) is 0 Å². The number of nitrogens with zero attached hydrogens (tertiary/aromatic N) is 4. The molecule has 0 aliphatic carbocycles. The number of anilines is 3. The van der Waals surface area contributed by atoms with Gasteiger partial charge in [0.05, 0.1) is 18.4 Å². The second-order valence-electron chi connectivity index (χ2n) is 6.95. The quantitative estimate of drug-likeness (QED) is 0.471. The molecule has 2 aromatic carbocycles. The highest BCUT2D eigenvalue weighted by molar-refractivity contribution is 5.89. The second kappa shape index (κ2) is 8.14. The Hall–Kier alpha value is -4.21. The number of hydrogen-bond acceptors (Lipinski definition) is 6. The van der Waals surface area contributed by atoms with Crippen LogP contribution in [-0.4, -0.2) is 40.2 Å². The molecule has 0 atom stereocenters. The molecule has 1 fully saturated rings. The maximum Gasteiger partial charge on any atom is 0.414 e.